The molecule has 0 amide bonds. The number of hydrogen-bond donors (Lipinski definition) is 5. The van der Waals surface area contributed by atoms with Crippen molar-refractivity contribution < 1.29 is 5.11 Å². The highest BCUT2D eigenvalue weighted by molar-refractivity contribution is 5.83. The Kier molecular flexibility index (Phi) is 5.47. The molecule has 0 saturated carbocycles. The van der Waals surface area contributed by atoms with Gasteiger partial charge in [-0.25, -0.2) is 10.9 Å². The van der Waals surface area contributed by atoms with E-state index in [1.54, 1.807) is 18.3 Å². The lowest BCUT2D eigenvalue weighted by Crippen LogP contribution is -2.64. The van der Waals surface area contributed by atoms with Gasteiger partial charge in [0.15, 0.2) is 0 Å². The first-order valence-electron chi connectivity index (χ1n) is 8.72. The molecule has 0 aromatic heterocycles. The SMILES string of the molecule is CCNC1CC(N)N(CC)C2NNC(/N=C/c3ccccc3O)C12. The topological polar surface area (TPSA) is 97.9 Å². The molecule has 7 heteroatoms. The Balaban J connectivity index is 1.80. The van der Waals surface area contributed by atoms with Gasteiger partial charge in [-0.2, -0.15) is 0 Å². The van der Waals surface area contributed by atoms with Crippen molar-refractivity contribution >= 4 is 6.21 Å². The number of likely N-dealkylation sites (tertiary alicyclic amines) is 1. The summed E-state index contributed by atoms with van der Waals surface area (Å²) in [5.74, 6) is 0.514. The van der Waals surface area contributed by atoms with Crippen molar-refractivity contribution in [2.24, 2.45) is 16.6 Å². The third-order valence-electron chi connectivity index (χ3n) is 4.99. The first-order chi connectivity index (χ1) is 11.7. The van der Waals surface area contributed by atoms with Gasteiger partial charge in [0, 0.05) is 23.7 Å². The molecule has 2 saturated heterocycles. The van der Waals surface area contributed by atoms with Crippen molar-refractivity contribution in [1.29, 1.82) is 0 Å². The summed E-state index contributed by atoms with van der Waals surface area (Å²) >= 11 is 0. The molecule has 2 fully saturated rings. The van der Waals surface area contributed by atoms with Crippen LogP contribution in [0.3, 0.4) is 0 Å². The first kappa shape index (κ1) is 17.3. The van der Waals surface area contributed by atoms with Gasteiger partial charge in [-0.05, 0) is 31.6 Å². The Morgan fingerprint density at radius 1 is 1.38 bits per heavy atom. The zero-order chi connectivity index (χ0) is 17.1. The van der Waals surface area contributed by atoms with Gasteiger partial charge in [0.1, 0.15) is 11.9 Å². The van der Waals surface area contributed by atoms with Crippen LogP contribution in [0.1, 0.15) is 25.8 Å². The number of phenolic OH excluding ortho intramolecular Hbond substituents is 1. The molecule has 132 valence electrons. The third-order valence-corrected chi connectivity index (χ3v) is 4.99. The minimum absolute atomic E-state index is 0.0375. The maximum absolute atomic E-state index is 9.90. The molecular weight excluding hydrogens is 304 g/mol. The Bertz CT molecular complexity index is 580. The molecule has 0 bridgehead atoms. The summed E-state index contributed by atoms with van der Waals surface area (Å²) in [5, 5.41) is 13.5. The van der Waals surface area contributed by atoms with E-state index in [2.05, 4.69) is 34.9 Å². The number of nitrogens with one attached hydrogen (secondary N) is 3. The van der Waals surface area contributed by atoms with Crippen molar-refractivity contribution in [3.63, 3.8) is 0 Å². The van der Waals surface area contributed by atoms with Gasteiger partial charge >= 0.3 is 0 Å². The minimum Gasteiger partial charge on any atom is -0.507 e. The molecular formula is C17H28N6O. The highest BCUT2D eigenvalue weighted by Gasteiger charge is 2.48. The van der Waals surface area contributed by atoms with Crippen LogP contribution in [0, 0.1) is 5.92 Å². The van der Waals surface area contributed by atoms with Crippen LogP contribution in [0.5, 0.6) is 5.75 Å². The molecule has 1 aromatic rings. The summed E-state index contributed by atoms with van der Waals surface area (Å²) in [6.45, 7) is 6.04. The van der Waals surface area contributed by atoms with Crippen LogP contribution in [-0.2, 0) is 0 Å². The third kappa shape index (κ3) is 3.31. The molecule has 6 N–H and O–H groups in total. The van der Waals surface area contributed by atoms with Crippen LogP contribution in [0.15, 0.2) is 29.3 Å². The summed E-state index contributed by atoms with van der Waals surface area (Å²) in [6, 6.07) is 7.53. The van der Waals surface area contributed by atoms with Crippen LogP contribution in [0.25, 0.3) is 0 Å². The van der Waals surface area contributed by atoms with Crippen molar-refractivity contribution in [1.82, 2.24) is 21.1 Å². The molecule has 0 spiro atoms. The largest absolute Gasteiger partial charge is 0.507 e. The second kappa shape index (κ2) is 7.58. The normalized spacial score (nSPS) is 33.9. The van der Waals surface area contributed by atoms with E-state index in [-0.39, 0.29) is 30.2 Å². The zero-order valence-electron chi connectivity index (χ0n) is 14.3. The fourth-order valence-corrected chi connectivity index (χ4v) is 3.85. The average molecular weight is 332 g/mol. The van der Waals surface area contributed by atoms with E-state index < -0.39 is 0 Å². The quantitative estimate of drug-likeness (QED) is 0.493. The van der Waals surface area contributed by atoms with E-state index in [0.29, 0.717) is 6.04 Å². The number of para-hydroxylation sites is 1. The molecule has 0 aliphatic carbocycles. The summed E-state index contributed by atoms with van der Waals surface area (Å²) < 4.78 is 0. The number of hydrogen-bond acceptors (Lipinski definition) is 7. The van der Waals surface area contributed by atoms with E-state index >= 15 is 0 Å². The highest BCUT2D eigenvalue weighted by atomic mass is 16.3. The number of aliphatic imine (C=N–C) groups is 1. The first-order valence-corrected chi connectivity index (χ1v) is 8.72. The van der Waals surface area contributed by atoms with Crippen molar-refractivity contribution in [3.8, 4) is 5.75 Å². The van der Waals surface area contributed by atoms with Gasteiger partial charge in [0.2, 0.25) is 0 Å². The number of aromatic hydroxyl groups is 1. The predicted molar refractivity (Wildman–Crippen MR) is 95.5 cm³/mol. The molecule has 24 heavy (non-hydrogen) atoms. The number of fused-ring (bicyclic) bond motifs is 1. The maximum Gasteiger partial charge on any atom is 0.124 e. The number of hydrazine groups is 1. The van der Waals surface area contributed by atoms with E-state index in [1.807, 2.05) is 12.1 Å². The Labute approximate surface area is 143 Å². The number of nitrogens with zero attached hydrogens (tertiary/aromatic N) is 2. The second-order valence-electron chi connectivity index (χ2n) is 6.39. The Hall–Kier alpha value is -1.51. The number of rotatable bonds is 5. The fraction of sp³-hybridized carbons (Fsp3) is 0.588. The molecule has 0 radical (unpaired) electrons. The number of phenols is 1. The number of benzene rings is 1. The van der Waals surface area contributed by atoms with Gasteiger partial charge in [0.25, 0.3) is 0 Å². The van der Waals surface area contributed by atoms with E-state index in [0.717, 1.165) is 25.1 Å². The Morgan fingerprint density at radius 2 is 2.17 bits per heavy atom. The van der Waals surface area contributed by atoms with Crippen LogP contribution in [0.2, 0.25) is 0 Å². The van der Waals surface area contributed by atoms with Crippen molar-refractivity contribution in [3.05, 3.63) is 29.8 Å². The van der Waals surface area contributed by atoms with E-state index in [9.17, 15) is 5.11 Å². The smallest absolute Gasteiger partial charge is 0.124 e. The summed E-state index contributed by atoms with van der Waals surface area (Å²) in [6.07, 6.45) is 2.75. The van der Waals surface area contributed by atoms with Crippen LogP contribution in [-0.4, -0.2) is 53.8 Å². The Morgan fingerprint density at radius 3 is 2.88 bits per heavy atom. The monoisotopic (exact) mass is 332 g/mol. The lowest BCUT2D eigenvalue weighted by atomic mass is 9.86. The lowest BCUT2D eigenvalue weighted by molar-refractivity contribution is 0.0255. The molecule has 5 unspecified atom stereocenters. The summed E-state index contributed by atoms with van der Waals surface area (Å²) in [7, 11) is 0. The molecule has 2 heterocycles. The number of piperidine rings is 1. The maximum atomic E-state index is 9.90. The molecule has 7 nitrogen and oxygen atoms in total. The van der Waals surface area contributed by atoms with Crippen molar-refractivity contribution in [2.75, 3.05) is 13.1 Å². The van der Waals surface area contributed by atoms with Crippen molar-refractivity contribution in [2.45, 2.75) is 44.8 Å². The van der Waals surface area contributed by atoms with Gasteiger partial charge < -0.3 is 16.2 Å². The lowest BCUT2D eigenvalue weighted by Gasteiger charge is -2.45. The van der Waals surface area contributed by atoms with E-state index in [1.165, 1.54) is 0 Å². The average Bonchev–Trinajstić information content (AvgIpc) is 2.99. The van der Waals surface area contributed by atoms with E-state index in [4.69, 9.17) is 10.7 Å². The molecule has 2 aliphatic rings. The minimum atomic E-state index is -0.0693. The standard InChI is InChI=1S/C17H28N6O/c1-3-19-12-9-14(18)23(4-2)17-15(12)16(21-22-17)20-10-11-7-5-6-8-13(11)24/h5-8,10,12,14-17,19,21-22,24H,3-4,9,18H2,1-2H3/b20-10+. The fourth-order valence-electron chi connectivity index (χ4n) is 3.85. The summed E-state index contributed by atoms with van der Waals surface area (Å²) in [4.78, 5) is 6.98. The molecule has 5 atom stereocenters. The zero-order valence-corrected chi connectivity index (χ0v) is 14.3. The van der Waals surface area contributed by atoms with Gasteiger partial charge in [-0.1, -0.05) is 26.0 Å². The number of nitrogens with two attached hydrogens (primary N) is 1. The highest BCUT2D eigenvalue weighted by Crippen LogP contribution is 2.31. The second-order valence-corrected chi connectivity index (χ2v) is 6.39. The summed E-state index contributed by atoms with van der Waals surface area (Å²) in [5.41, 5.74) is 13.7. The molecule has 1 aromatic carbocycles. The van der Waals surface area contributed by atoms with Crippen LogP contribution < -0.4 is 21.9 Å². The predicted octanol–water partition coefficient (Wildman–Crippen LogP) is 0.176. The van der Waals surface area contributed by atoms with Gasteiger partial charge in [-0.15, -0.1) is 0 Å². The van der Waals surface area contributed by atoms with Crippen LogP contribution in [0.4, 0.5) is 0 Å². The van der Waals surface area contributed by atoms with Gasteiger partial charge in [-0.3, -0.25) is 9.89 Å². The van der Waals surface area contributed by atoms with Crippen LogP contribution >= 0.6 is 0 Å². The van der Waals surface area contributed by atoms with Gasteiger partial charge in [0.05, 0.1) is 12.3 Å². The molecule has 2 aliphatic heterocycles. The molecule has 3 rings (SSSR count).